The molecule has 4 rings (SSSR count). The van der Waals surface area contributed by atoms with Gasteiger partial charge in [-0.25, -0.2) is 4.98 Å². The Hall–Kier alpha value is -2.22. The second kappa shape index (κ2) is 7.99. The second-order valence-electron chi connectivity index (χ2n) is 6.09. The van der Waals surface area contributed by atoms with E-state index in [1.807, 2.05) is 48.0 Å². The first-order chi connectivity index (χ1) is 12.3. The lowest BCUT2D eigenvalue weighted by molar-refractivity contribution is -0.126. The van der Waals surface area contributed by atoms with Gasteiger partial charge in [-0.3, -0.25) is 14.8 Å². The number of aromatic nitrogens is 3. The standard InChI is InChI=1S/C18H19N5OS.ClH/c24-16(18(7-10-19-11-8-18)23-12-4-9-20-23)22-17-21-15(13-25-17)14-5-2-1-3-6-14;/h1-6,9,12-13,19H,7-8,10-11H2,(H,21,22,24);1H. The maximum Gasteiger partial charge on any atom is 0.254 e. The molecule has 0 bridgehead atoms. The highest BCUT2D eigenvalue weighted by atomic mass is 35.5. The van der Waals surface area contributed by atoms with E-state index in [9.17, 15) is 4.79 Å². The van der Waals surface area contributed by atoms with E-state index in [0.717, 1.165) is 24.3 Å². The van der Waals surface area contributed by atoms with Crippen molar-refractivity contribution < 1.29 is 4.79 Å². The summed E-state index contributed by atoms with van der Waals surface area (Å²) in [5, 5.41) is 13.2. The molecule has 136 valence electrons. The number of halogens is 1. The molecule has 1 saturated heterocycles. The van der Waals surface area contributed by atoms with Crippen LogP contribution in [0.1, 0.15) is 12.8 Å². The van der Waals surface area contributed by atoms with Crippen LogP contribution in [0.4, 0.5) is 5.13 Å². The average Bonchev–Trinajstić information content (AvgIpc) is 3.35. The summed E-state index contributed by atoms with van der Waals surface area (Å²) in [4.78, 5) is 17.7. The third kappa shape index (κ3) is 3.51. The van der Waals surface area contributed by atoms with E-state index in [4.69, 9.17) is 0 Å². The van der Waals surface area contributed by atoms with E-state index in [0.29, 0.717) is 18.0 Å². The molecule has 0 saturated carbocycles. The number of nitrogens with one attached hydrogen (secondary N) is 2. The van der Waals surface area contributed by atoms with Crippen molar-refractivity contribution in [3.8, 4) is 11.3 Å². The number of anilines is 1. The first kappa shape index (κ1) is 18.6. The van der Waals surface area contributed by atoms with Crippen LogP contribution in [0.25, 0.3) is 11.3 Å². The lowest BCUT2D eigenvalue weighted by Gasteiger charge is -2.36. The number of thiazole rings is 1. The lowest BCUT2D eigenvalue weighted by Crippen LogP contribution is -2.52. The van der Waals surface area contributed by atoms with Crippen molar-refractivity contribution >= 4 is 34.8 Å². The molecule has 3 aromatic rings. The Balaban J connectivity index is 0.00000196. The van der Waals surface area contributed by atoms with E-state index >= 15 is 0 Å². The fraction of sp³-hybridized carbons (Fsp3) is 0.278. The topological polar surface area (TPSA) is 71.8 Å². The Labute approximate surface area is 162 Å². The smallest absolute Gasteiger partial charge is 0.254 e. The molecule has 3 heterocycles. The number of rotatable bonds is 4. The highest BCUT2D eigenvalue weighted by molar-refractivity contribution is 7.14. The van der Waals surface area contributed by atoms with E-state index in [1.165, 1.54) is 11.3 Å². The third-order valence-electron chi connectivity index (χ3n) is 4.59. The van der Waals surface area contributed by atoms with Crippen molar-refractivity contribution in [2.75, 3.05) is 18.4 Å². The van der Waals surface area contributed by atoms with Gasteiger partial charge in [0, 0.05) is 23.3 Å². The van der Waals surface area contributed by atoms with Gasteiger partial charge in [-0.15, -0.1) is 23.7 Å². The minimum absolute atomic E-state index is 0. The summed E-state index contributed by atoms with van der Waals surface area (Å²) in [5.74, 6) is -0.0494. The quantitative estimate of drug-likeness (QED) is 0.719. The van der Waals surface area contributed by atoms with Crippen molar-refractivity contribution in [2.24, 2.45) is 0 Å². The summed E-state index contributed by atoms with van der Waals surface area (Å²) in [7, 11) is 0. The highest BCUT2D eigenvalue weighted by Gasteiger charge is 2.42. The Kier molecular flexibility index (Phi) is 5.70. The Morgan fingerprint density at radius 1 is 1.19 bits per heavy atom. The number of amides is 1. The van der Waals surface area contributed by atoms with Crippen LogP contribution in [0.2, 0.25) is 0 Å². The van der Waals surface area contributed by atoms with E-state index in [2.05, 4.69) is 20.7 Å². The van der Waals surface area contributed by atoms with Gasteiger partial charge in [0.25, 0.3) is 5.91 Å². The predicted octanol–water partition coefficient (Wildman–Crippen LogP) is 3.15. The number of carbonyl (C=O) groups excluding carboxylic acids is 1. The van der Waals surface area contributed by atoms with Gasteiger partial charge in [0.2, 0.25) is 0 Å². The number of hydrogen-bond donors (Lipinski definition) is 2. The van der Waals surface area contributed by atoms with Crippen molar-refractivity contribution in [3.63, 3.8) is 0 Å². The molecule has 8 heteroatoms. The monoisotopic (exact) mass is 389 g/mol. The first-order valence-corrected chi connectivity index (χ1v) is 9.19. The lowest BCUT2D eigenvalue weighted by atomic mass is 9.87. The molecular formula is C18H20ClN5OS. The molecule has 1 aliphatic rings. The number of benzene rings is 1. The van der Waals surface area contributed by atoms with Crippen LogP contribution in [-0.4, -0.2) is 33.8 Å². The zero-order valence-electron chi connectivity index (χ0n) is 14.1. The molecule has 1 aliphatic heterocycles. The molecule has 1 aromatic carbocycles. The fourth-order valence-electron chi connectivity index (χ4n) is 3.21. The van der Waals surface area contributed by atoms with Crippen LogP contribution in [0.5, 0.6) is 0 Å². The number of hydrogen-bond acceptors (Lipinski definition) is 5. The van der Waals surface area contributed by atoms with Crippen LogP contribution in [0.3, 0.4) is 0 Å². The average molecular weight is 390 g/mol. The number of piperidine rings is 1. The summed E-state index contributed by atoms with van der Waals surface area (Å²) in [5.41, 5.74) is 1.26. The second-order valence-corrected chi connectivity index (χ2v) is 6.95. The van der Waals surface area contributed by atoms with Crippen LogP contribution < -0.4 is 10.6 Å². The Morgan fingerprint density at radius 2 is 1.96 bits per heavy atom. The molecule has 2 aromatic heterocycles. The van der Waals surface area contributed by atoms with Gasteiger partial charge in [-0.1, -0.05) is 30.3 Å². The summed E-state index contributed by atoms with van der Waals surface area (Å²) >= 11 is 1.44. The normalized spacial score (nSPS) is 15.8. The van der Waals surface area contributed by atoms with Gasteiger partial charge in [0.1, 0.15) is 5.54 Å². The summed E-state index contributed by atoms with van der Waals surface area (Å²) < 4.78 is 1.79. The van der Waals surface area contributed by atoms with Crippen LogP contribution in [0, 0.1) is 0 Å². The first-order valence-electron chi connectivity index (χ1n) is 8.31. The molecule has 0 atom stereocenters. The minimum Gasteiger partial charge on any atom is -0.317 e. The highest BCUT2D eigenvalue weighted by Crippen LogP contribution is 2.30. The van der Waals surface area contributed by atoms with E-state index < -0.39 is 5.54 Å². The predicted molar refractivity (Wildman–Crippen MR) is 106 cm³/mol. The van der Waals surface area contributed by atoms with Crippen LogP contribution >= 0.6 is 23.7 Å². The Morgan fingerprint density at radius 3 is 2.65 bits per heavy atom. The number of carbonyl (C=O) groups is 1. The minimum atomic E-state index is -0.659. The van der Waals surface area contributed by atoms with Crippen molar-refractivity contribution in [2.45, 2.75) is 18.4 Å². The molecule has 26 heavy (non-hydrogen) atoms. The zero-order valence-corrected chi connectivity index (χ0v) is 15.7. The van der Waals surface area contributed by atoms with Crippen LogP contribution in [0.15, 0.2) is 54.2 Å². The fourth-order valence-corrected chi connectivity index (χ4v) is 3.92. The van der Waals surface area contributed by atoms with E-state index in [1.54, 1.807) is 10.9 Å². The van der Waals surface area contributed by atoms with Crippen molar-refractivity contribution in [1.82, 2.24) is 20.1 Å². The van der Waals surface area contributed by atoms with E-state index in [-0.39, 0.29) is 18.3 Å². The van der Waals surface area contributed by atoms with Gasteiger partial charge >= 0.3 is 0 Å². The molecule has 2 N–H and O–H groups in total. The molecule has 1 amide bonds. The Bertz CT molecular complexity index is 844. The van der Waals surface area contributed by atoms with Gasteiger partial charge in [-0.2, -0.15) is 5.10 Å². The maximum atomic E-state index is 13.1. The van der Waals surface area contributed by atoms with Gasteiger partial charge < -0.3 is 5.32 Å². The molecular weight excluding hydrogens is 370 g/mol. The third-order valence-corrected chi connectivity index (χ3v) is 5.35. The maximum absolute atomic E-state index is 13.1. The van der Waals surface area contributed by atoms with Gasteiger partial charge in [-0.05, 0) is 32.0 Å². The summed E-state index contributed by atoms with van der Waals surface area (Å²) in [6.07, 6.45) is 4.99. The van der Waals surface area contributed by atoms with Gasteiger partial charge in [0.15, 0.2) is 5.13 Å². The largest absolute Gasteiger partial charge is 0.317 e. The van der Waals surface area contributed by atoms with Crippen molar-refractivity contribution in [1.29, 1.82) is 0 Å². The zero-order chi connectivity index (χ0) is 17.1. The molecule has 6 nitrogen and oxygen atoms in total. The summed E-state index contributed by atoms with van der Waals surface area (Å²) in [6.45, 7) is 1.58. The van der Waals surface area contributed by atoms with Crippen molar-refractivity contribution in [3.05, 3.63) is 54.2 Å². The molecule has 0 unspecified atom stereocenters. The molecule has 1 fully saturated rings. The summed E-state index contributed by atoms with van der Waals surface area (Å²) in [6, 6.07) is 11.8. The SMILES string of the molecule is Cl.O=C(Nc1nc(-c2ccccc2)cs1)C1(n2cccn2)CCNCC1. The van der Waals surface area contributed by atoms with Gasteiger partial charge in [0.05, 0.1) is 5.69 Å². The molecule has 0 radical (unpaired) electrons. The number of nitrogens with zero attached hydrogens (tertiary/aromatic N) is 3. The van der Waals surface area contributed by atoms with Crippen LogP contribution in [-0.2, 0) is 10.3 Å². The molecule has 0 aliphatic carbocycles. The molecule has 0 spiro atoms.